The van der Waals surface area contributed by atoms with Crippen molar-refractivity contribution in [3.63, 3.8) is 0 Å². The summed E-state index contributed by atoms with van der Waals surface area (Å²) in [6, 6.07) is 1.95. The Balaban J connectivity index is 2.31. The van der Waals surface area contributed by atoms with Crippen molar-refractivity contribution in [3.05, 3.63) is 18.5 Å². The predicted octanol–water partition coefficient (Wildman–Crippen LogP) is 1.73. The zero-order chi connectivity index (χ0) is 12.0. The lowest BCUT2D eigenvalue weighted by atomic mass is 10.1. The minimum absolute atomic E-state index is 0.0265. The van der Waals surface area contributed by atoms with Crippen LogP contribution in [0.5, 0.6) is 0 Å². The molecule has 0 aliphatic carbocycles. The number of nitrogens with zero attached hydrogens (tertiary/aromatic N) is 2. The fourth-order valence-electron chi connectivity index (χ4n) is 0.952. The minimum Gasteiger partial charge on any atom is -0.353 e. The van der Waals surface area contributed by atoms with E-state index in [9.17, 15) is 4.79 Å². The molecular formula is C11H17N3OS. The molecule has 0 radical (unpaired) electrons. The first kappa shape index (κ1) is 13.0. The van der Waals surface area contributed by atoms with Gasteiger partial charge in [0.05, 0.1) is 5.75 Å². The maximum atomic E-state index is 11.5. The largest absolute Gasteiger partial charge is 0.353 e. The molecule has 1 amide bonds. The smallest absolute Gasteiger partial charge is 0.230 e. The standard InChI is InChI=1S/C11H17N3OS/c1-8(2)9(3)14-10(15)7-16-11-12-5-4-6-13-11/h4-6,8-9H,7H2,1-3H3,(H,14,15)/t9-/m0/s1. The minimum atomic E-state index is 0.0265. The van der Waals surface area contributed by atoms with Crippen LogP contribution in [0.2, 0.25) is 0 Å². The van der Waals surface area contributed by atoms with Crippen molar-refractivity contribution in [2.75, 3.05) is 5.75 Å². The molecule has 1 aromatic rings. The molecule has 0 aromatic carbocycles. The number of thioether (sulfide) groups is 1. The van der Waals surface area contributed by atoms with Gasteiger partial charge in [-0.05, 0) is 18.9 Å². The Kier molecular flexibility index (Phi) is 5.25. The number of rotatable bonds is 5. The highest BCUT2D eigenvalue weighted by atomic mass is 32.2. The van der Waals surface area contributed by atoms with Gasteiger partial charge in [0.1, 0.15) is 0 Å². The summed E-state index contributed by atoms with van der Waals surface area (Å²) in [5.41, 5.74) is 0. The average Bonchev–Trinajstić information content (AvgIpc) is 2.27. The van der Waals surface area contributed by atoms with Crippen molar-refractivity contribution in [2.24, 2.45) is 5.92 Å². The predicted molar refractivity (Wildman–Crippen MR) is 65.2 cm³/mol. The highest BCUT2D eigenvalue weighted by Crippen LogP contribution is 2.10. The van der Waals surface area contributed by atoms with Gasteiger partial charge >= 0.3 is 0 Å². The number of carbonyl (C=O) groups is 1. The molecule has 16 heavy (non-hydrogen) atoms. The molecule has 5 heteroatoms. The quantitative estimate of drug-likeness (QED) is 0.628. The molecule has 0 aliphatic heterocycles. The van der Waals surface area contributed by atoms with Gasteiger partial charge in [-0.3, -0.25) is 4.79 Å². The van der Waals surface area contributed by atoms with Crippen molar-refractivity contribution in [1.29, 1.82) is 0 Å². The van der Waals surface area contributed by atoms with Crippen molar-refractivity contribution < 1.29 is 4.79 Å². The van der Waals surface area contributed by atoms with Gasteiger partial charge in [0.25, 0.3) is 0 Å². The van der Waals surface area contributed by atoms with Crippen molar-refractivity contribution in [1.82, 2.24) is 15.3 Å². The summed E-state index contributed by atoms with van der Waals surface area (Å²) >= 11 is 1.35. The fraction of sp³-hybridized carbons (Fsp3) is 0.545. The van der Waals surface area contributed by atoms with Crippen LogP contribution in [-0.2, 0) is 4.79 Å². The van der Waals surface area contributed by atoms with E-state index in [1.54, 1.807) is 18.5 Å². The first-order valence-corrected chi connectivity index (χ1v) is 6.27. The van der Waals surface area contributed by atoms with E-state index < -0.39 is 0 Å². The Bertz CT molecular complexity index is 329. The molecular weight excluding hydrogens is 222 g/mol. The number of carbonyl (C=O) groups excluding carboxylic acids is 1. The lowest BCUT2D eigenvalue weighted by Crippen LogP contribution is -2.37. The number of aromatic nitrogens is 2. The van der Waals surface area contributed by atoms with E-state index in [1.165, 1.54) is 11.8 Å². The Morgan fingerprint density at radius 1 is 1.38 bits per heavy atom. The van der Waals surface area contributed by atoms with Gasteiger partial charge in [-0.15, -0.1) is 0 Å². The SMILES string of the molecule is CC(C)[C@H](C)NC(=O)CSc1ncccn1. The van der Waals surface area contributed by atoms with Crippen molar-refractivity contribution in [2.45, 2.75) is 32.0 Å². The molecule has 1 N–H and O–H groups in total. The normalized spacial score (nSPS) is 12.5. The Hall–Kier alpha value is -1.10. The van der Waals surface area contributed by atoms with Gasteiger partial charge in [-0.25, -0.2) is 9.97 Å². The Morgan fingerprint density at radius 2 is 2.00 bits per heavy atom. The van der Waals surface area contributed by atoms with Crippen LogP contribution in [0.15, 0.2) is 23.6 Å². The van der Waals surface area contributed by atoms with E-state index in [2.05, 4.69) is 29.1 Å². The van der Waals surface area contributed by atoms with E-state index in [0.29, 0.717) is 16.8 Å². The third kappa shape index (κ3) is 4.61. The molecule has 0 saturated carbocycles. The topological polar surface area (TPSA) is 54.9 Å². The van der Waals surface area contributed by atoms with E-state index in [-0.39, 0.29) is 11.9 Å². The summed E-state index contributed by atoms with van der Waals surface area (Å²) in [4.78, 5) is 19.6. The van der Waals surface area contributed by atoms with Gasteiger partial charge < -0.3 is 5.32 Å². The molecule has 1 heterocycles. The highest BCUT2D eigenvalue weighted by Gasteiger charge is 2.11. The van der Waals surface area contributed by atoms with Gasteiger partial charge in [0, 0.05) is 18.4 Å². The van der Waals surface area contributed by atoms with E-state index >= 15 is 0 Å². The van der Waals surface area contributed by atoms with Gasteiger partial charge in [0.15, 0.2) is 5.16 Å². The lowest BCUT2D eigenvalue weighted by molar-refractivity contribution is -0.119. The molecule has 0 fully saturated rings. The molecule has 1 rings (SSSR count). The first-order valence-electron chi connectivity index (χ1n) is 5.28. The Morgan fingerprint density at radius 3 is 2.56 bits per heavy atom. The molecule has 1 aromatic heterocycles. The maximum Gasteiger partial charge on any atom is 0.230 e. The summed E-state index contributed by atoms with van der Waals surface area (Å²) in [6.07, 6.45) is 3.34. The van der Waals surface area contributed by atoms with Crippen LogP contribution in [-0.4, -0.2) is 27.7 Å². The molecule has 0 unspecified atom stereocenters. The van der Waals surface area contributed by atoms with Crippen molar-refractivity contribution >= 4 is 17.7 Å². The molecule has 0 bridgehead atoms. The summed E-state index contributed by atoms with van der Waals surface area (Å²) in [6.45, 7) is 6.17. The summed E-state index contributed by atoms with van der Waals surface area (Å²) in [7, 11) is 0. The van der Waals surface area contributed by atoms with Crippen LogP contribution in [0.4, 0.5) is 0 Å². The van der Waals surface area contributed by atoms with Crippen LogP contribution in [0.1, 0.15) is 20.8 Å². The summed E-state index contributed by atoms with van der Waals surface area (Å²) < 4.78 is 0. The van der Waals surface area contributed by atoms with Gasteiger partial charge in [0.2, 0.25) is 5.91 Å². The number of hydrogen-bond acceptors (Lipinski definition) is 4. The van der Waals surface area contributed by atoms with Crippen LogP contribution in [0.25, 0.3) is 0 Å². The third-order valence-corrected chi connectivity index (χ3v) is 3.14. The Labute approximate surface area is 100 Å². The second-order valence-electron chi connectivity index (χ2n) is 3.92. The van der Waals surface area contributed by atoms with Crippen LogP contribution in [0, 0.1) is 5.92 Å². The molecule has 0 saturated heterocycles. The second kappa shape index (κ2) is 6.48. The zero-order valence-corrected chi connectivity index (χ0v) is 10.6. The van der Waals surface area contributed by atoms with Gasteiger partial charge in [-0.2, -0.15) is 0 Å². The number of nitrogens with one attached hydrogen (secondary N) is 1. The maximum absolute atomic E-state index is 11.5. The van der Waals surface area contributed by atoms with Gasteiger partial charge in [-0.1, -0.05) is 25.6 Å². The second-order valence-corrected chi connectivity index (χ2v) is 4.86. The van der Waals surface area contributed by atoms with E-state index in [0.717, 1.165) is 0 Å². The third-order valence-electron chi connectivity index (χ3n) is 2.26. The molecule has 88 valence electrons. The van der Waals surface area contributed by atoms with E-state index in [1.807, 2.05) is 6.92 Å². The molecule has 0 aliphatic rings. The van der Waals surface area contributed by atoms with Crippen LogP contribution < -0.4 is 5.32 Å². The van der Waals surface area contributed by atoms with Crippen molar-refractivity contribution in [3.8, 4) is 0 Å². The molecule has 1 atom stereocenters. The average molecular weight is 239 g/mol. The lowest BCUT2D eigenvalue weighted by Gasteiger charge is -2.16. The van der Waals surface area contributed by atoms with Crippen LogP contribution in [0.3, 0.4) is 0 Å². The summed E-state index contributed by atoms with van der Waals surface area (Å²) in [5.74, 6) is 0.835. The monoisotopic (exact) mass is 239 g/mol. The molecule has 0 spiro atoms. The van der Waals surface area contributed by atoms with Crippen LogP contribution >= 0.6 is 11.8 Å². The highest BCUT2D eigenvalue weighted by molar-refractivity contribution is 7.99. The summed E-state index contributed by atoms with van der Waals surface area (Å²) in [5, 5.41) is 3.57. The first-order chi connectivity index (χ1) is 7.59. The number of amides is 1. The molecule has 4 nitrogen and oxygen atoms in total. The van der Waals surface area contributed by atoms with E-state index in [4.69, 9.17) is 0 Å². The number of hydrogen-bond donors (Lipinski definition) is 1. The zero-order valence-electron chi connectivity index (χ0n) is 9.80. The fourth-order valence-corrected chi connectivity index (χ4v) is 1.57.